The van der Waals surface area contributed by atoms with E-state index in [-0.39, 0.29) is 11.8 Å². The average Bonchev–Trinajstić information content (AvgIpc) is 3.31. The molecular formula is C23H26N4O3. The van der Waals surface area contributed by atoms with Gasteiger partial charge >= 0.3 is 0 Å². The van der Waals surface area contributed by atoms with Crippen molar-refractivity contribution >= 4 is 45.0 Å². The number of oxime groups is 1. The van der Waals surface area contributed by atoms with Crippen LogP contribution in [0.3, 0.4) is 0 Å². The number of nitrogens with one attached hydrogen (secondary N) is 1. The molecular weight excluding hydrogens is 380 g/mol. The second kappa shape index (κ2) is 8.18. The summed E-state index contributed by atoms with van der Waals surface area (Å²) in [5.74, 6) is -0.371. The first-order chi connectivity index (χ1) is 14.5. The van der Waals surface area contributed by atoms with Crippen LogP contribution < -0.4 is 5.32 Å². The lowest BCUT2D eigenvalue weighted by Crippen LogP contribution is -2.42. The summed E-state index contributed by atoms with van der Waals surface area (Å²) in [5.41, 5.74) is 3.72. The summed E-state index contributed by atoms with van der Waals surface area (Å²) in [6, 6.07) is 13.6. The number of carbonyl (C=O) groups is 2. The van der Waals surface area contributed by atoms with Gasteiger partial charge < -0.3 is 19.6 Å². The van der Waals surface area contributed by atoms with Crippen molar-refractivity contribution in [3.63, 3.8) is 0 Å². The molecule has 2 amide bonds. The minimum absolute atomic E-state index is 0.154. The van der Waals surface area contributed by atoms with Crippen LogP contribution in [0.2, 0.25) is 0 Å². The molecule has 1 N–H and O–H groups in total. The average molecular weight is 406 g/mol. The summed E-state index contributed by atoms with van der Waals surface area (Å²) in [4.78, 5) is 31.7. The molecule has 156 valence electrons. The van der Waals surface area contributed by atoms with Gasteiger partial charge in [0.15, 0.2) is 0 Å². The fraction of sp³-hybridized carbons (Fsp3) is 0.348. The highest BCUT2D eigenvalue weighted by Crippen LogP contribution is 2.31. The molecule has 1 aromatic heterocycles. The van der Waals surface area contributed by atoms with Crippen molar-refractivity contribution < 1.29 is 14.4 Å². The molecule has 1 aliphatic rings. The summed E-state index contributed by atoms with van der Waals surface area (Å²) < 4.78 is 2.27. The maximum atomic E-state index is 13.0. The Morgan fingerprint density at radius 1 is 1.13 bits per heavy atom. The van der Waals surface area contributed by atoms with Gasteiger partial charge in [-0.25, -0.2) is 0 Å². The highest BCUT2D eigenvalue weighted by molar-refractivity contribution is 6.10. The number of benzene rings is 2. The van der Waals surface area contributed by atoms with Crippen molar-refractivity contribution in [1.82, 2.24) is 9.47 Å². The fourth-order valence-corrected chi connectivity index (χ4v) is 4.19. The van der Waals surface area contributed by atoms with Crippen molar-refractivity contribution in [3.05, 3.63) is 42.5 Å². The predicted molar refractivity (Wildman–Crippen MR) is 119 cm³/mol. The van der Waals surface area contributed by atoms with Gasteiger partial charge in [0, 0.05) is 47.4 Å². The van der Waals surface area contributed by atoms with Gasteiger partial charge in [-0.05, 0) is 38.1 Å². The Morgan fingerprint density at radius 3 is 2.63 bits per heavy atom. The number of aromatic nitrogens is 1. The Balaban J connectivity index is 1.63. The minimum atomic E-state index is -0.589. The Bertz CT molecular complexity index is 1150. The zero-order valence-corrected chi connectivity index (χ0v) is 17.5. The maximum absolute atomic E-state index is 13.0. The van der Waals surface area contributed by atoms with Crippen LogP contribution in [-0.2, 0) is 21.0 Å². The SMILES string of the molecule is CCON=C1C[C@@H](C(=O)Nc2ccc3c(c2)c2ccccc2n3CC)N(C(C)=O)C1. The van der Waals surface area contributed by atoms with E-state index >= 15 is 0 Å². The monoisotopic (exact) mass is 406 g/mol. The van der Waals surface area contributed by atoms with E-state index < -0.39 is 6.04 Å². The van der Waals surface area contributed by atoms with Crippen LogP contribution in [0.15, 0.2) is 47.6 Å². The van der Waals surface area contributed by atoms with Gasteiger partial charge in [-0.15, -0.1) is 0 Å². The summed E-state index contributed by atoms with van der Waals surface area (Å²) in [6.07, 6.45) is 0.378. The second-order valence-corrected chi connectivity index (χ2v) is 7.42. The number of amides is 2. The highest BCUT2D eigenvalue weighted by Gasteiger charge is 2.36. The van der Waals surface area contributed by atoms with Gasteiger partial charge in [-0.2, -0.15) is 0 Å². The Labute approximate surface area is 175 Å². The molecule has 0 radical (unpaired) electrons. The lowest BCUT2D eigenvalue weighted by Gasteiger charge is -2.21. The molecule has 1 aliphatic heterocycles. The standard InChI is InChI=1S/C23H26N4O3/c1-4-26-20-9-7-6-8-18(20)19-12-16(10-11-21(19)26)24-23(29)22-13-17(25-30-5-2)14-27(22)15(3)28/h6-12,22H,4-5,13-14H2,1-3H3,(H,24,29)/t22-/m0/s1. The van der Waals surface area contributed by atoms with Crippen LogP contribution >= 0.6 is 0 Å². The van der Waals surface area contributed by atoms with E-state index in [2.05, 4.69) is 34.1 Å². The van der Waals surface area contributed by atoms with E-state index in [1.807, 2.05) is 37.3 Å². The second-order valence-electron chi connectivity index (χ2n) is 7.42. The van der Waals surface area contributed by atoms with Crippen molar-refractivity contribution in [2.75, 3.05) is 18.5 Å². The van der Waals surface area contributed by atoms with E-state index in [0.29, 0.717) is 31.0 Å². The van der Waals surface area contributed by atoms with Gasteiger partial charge in [0.25, 0.3) is 0 Å². The fourth-order valence-electron chi connectivity index (χ4n) is 4.19. The quantitative estimate of drug-likeness (QED) is 0.656. The van der Waals surface area contributed by atoms with Crippen LogP contribution in [0.5, 0.6) is 0 Å². The van der Waals surface area contributed by atoms with Crippen LogP contribution in [0, 0.1) is 0 Å². The number of aryl methyl sites for hydroxylation is 1. The maximum Gasteiger partial charge on any atom is 0.247 e. The smallest absolute Gasteiger partial charge is 0.247 e. The topological polar surface area (TPSA) is 75.9 Å². The molecule has 0 saturated carbocycles. The summed E-state index contributed by atoms with van der Waals surface area (Å²) >= 11 is 0. The number of anilines is 1. The van der Waals surface area contributed by atoms with Crippen molar-refractivity contribution in [2.24, 2.45) is 5.16 Å². The summed E-state index contributed by atoms with van der Waals surface area (Å²) in [5, 5.41) is 9.28. The van der Waals surface area contributed by atoms with Gasteiger partial charge in [-0.1, -0.05) is 23.4 Å². The van der Waals surface area contributed by atoms with E-state index in [0.717, 1.165) is 22.8 Å². The van der Waals surface area contributed by atoms with E-state index in [9.17, 15) is 9.59 Å². The van der Waals surface area contributed by atoms with E-state index in [4.69, 9.17) is 4.84 Å². The number of fused-ring (bicyclic) bond motifs is 3. The van der Waals surface area contributed by atoms with Gasteiger partial charge in [0.05, 0.1) is 12.3 Å². The number of nitrogens with zero attached hydrogens (tertiary/aromatic N) is 3. The molecule has 2 aromatic carbocycles. The molecule has 4 rings (SSSR count). The minimum Gasteiger partial charge on any atom is -0.396 e. The normalized spacial score (nSPS) is 17.8. The zero-order valence-electron chi connectivity index (χ0n) is 17.5. The Morgan fingerprint density at radius 2 is 1.90 bits per heavy atom. The third-order valence-corrected chi connectivity index (χ3v) is 5.54. The number of carbonyl (C=O) groups excluding carboxylic acids is 2. The Kier molecular flexibility index (Phi) is 5.44. The predicted octanol–water partition coefficient (Wildman–Crippen LogP) is 3.77. The molecule has 0 aliphatic carbocycles. The Hall–Kier alpha value is -3.35. The molecule has 7 nitrogen and oxygen atoms in total. The molecule has 0 bridgehead atoms. The number of para-hydroxylation sites is 1. The number of rotatable bonds is 5. The lowest BCUT2D eigenvalue weighted by molar-refractivity contribution is -0.134. The van der Waals surface area contributed by atoms with Gasteiger partial charge in [0.2, 0.25) is 11.8 Å². The first-order valence-corrected chi connectivity index (χ1v) is 10.3. The van der Waals surface area contributed by atoms with Crippen molar-refractivity contribution in [2.45, 2.75) is 39.8 Å². The van der Waals surface area contributed by atoms with Crippen LogP contribution in [0.4, 0.5) is 5.69 Å². The molecule has 2 heterocycles. The summed E-state index contributed by atoms with van der Waals surface area (Å²) in [7, 11) is 0. The van der Waals surface area contributed by atoms with E-state index in [1.165, 1.54) is 17.3 Å². The van der Waals surface area contributed by atoms with E-state index in [1.54, 1.807) is 0 Å². The molecule has 1 atom stereocenters. The number of hydrogen-bond donors (Lipinski definition) is 1. The zero-order chi connectivity index (χ0) is 21.3. The first-order valence-electron chi connectivity index (χ1n) is 10.3. The molecule has 30 heavy (non-hydrogen) atoms. The lowest BCUT2D eigenvalue weighted by atomic mass is 10.1. The third kappa shape index (κ3) is 3.51. The number of hydrogen-bond acceptors (Lipinski definition) is 4. The molecule has 1 fully saturated rings. The largest absolute Gasteiger partial charge is 0.396 e. The van der Waals surface area contributed by atoms with Crippen molar-refractivity contribution in [3.8, 4) is 0 Å². The molecule has 1 saturated heterocycles. The first kappa shape index (κ1) is 19.9. The van der Waals surface area contributed by atoms with Crippen LogP contribution in [-0.4, -0.2) is 46.2 Å². The third-order valence-electron chi connectivity index (χ3n) is 5.54. The van der Waals surface area contributed by atoms with Gasteiger partial charge in [0.1, 0.15) is 12.6 Å². The highest BCUT2D eigenvalue weighted by atomic mass is 16.6. The molecule has 7 heteroatoms. The molecule has 3 aromatic rings. The van der Waals surface area contributed by atoms with Crippen molar-refractivity contribution in [1.29, 1.82) is 0 Å². The molecule has 0 unspecified atom stereocenters. The van der Waals surface area contributed by atoms with Crippen LogP contribution in [0.1, 0.15) is 27.2 Å². The number of likely N-dealkylation sites (tertiary alicyclic amines) is 1. The van der Waals surface area contributed by atoms with Gasteiger partial charge in [-0.3, -0.25) is 9.59 Å². The molecule has 0 spiro atoms. The summed E-state index contributed by atoms with van der Waals surface area (Å²) in [6.45, 7) is 7.07. The van der Waals surface area contributed by atoms with Crippen LogP contribution in [0.25, 0.3) is 21.8 Å².